The molecule has 1 aromatic carbocycles. The van der Waals surface area contributed by atoms with E-state index in [0.717, 1.165) is 30.2 Å². The molecule has 2 aromatic rings. The molecule has 0 spiro atoms. The number of halogens is 2. The number of sulfonamides is 1. The van der Waals surface area contributed by atoms with Crippen LogP contribution >= 0.6 is 0 Å². The second-order valence-corrected chi connectivity index (χ2v) is 12.4. The van der Waals surface area contributed by atoms with Gasteiger partial charge in [0.25, 0.3) is 0 Å². The minimum absolute atomic E-state index is 0.000249. The van der Waals surface area contributed by atoms with Gasteiger partial charge in [-0.2, -0.15) is 0 Å². The number of aryl methyl sites for hydroxylation is 1. The van der Waals surface area contributed by atoms with E-state index in [9.17, 15) is 12.8 Å². The third-order valence-corrected chi connectivity index (χ3v) is 9.19. The smallest absolute Gasteiger partial charge is 0.246 e. The van der Waals surface area contributed by atoms with Crippen LogP contribution in [0.5, 0.6) is 0 Å². The van der Waals surface area contributed by atoms with Crippen molar-refractivity contribution < 1.29 is 17.2 Å². The molecule has 2 aliphatic carbocycles. The lowest BCUT2D eigenvalue weighted by atomic mass is 9.85. The second kappa shape index (κ2) is 7.22. The third kappa shape index (κ3) is 3.71. The molecule has 2 heterocycles. The van der Waals surface area contributed by atoms with E-state index in [1.165, 1.54) is 35.0 Å². The summed E-state index contributed by atoms with van der Waals surface area (Å²) in [5, 5.41) is 0. The standard InChI is InChI=1S/C24H29F2N3O2S/c1-16-8-21(32(30,31)28(3)13-23(2)10-17-9-18(17)11-23)22(27-12-16)29-14-24(26,15-29)19-4-6-20(25)7-5-19/h4-8,12,17-18H,9-11,13-15H2,1-3H3. The molecule has 3 fully saturated rings. The average molecular weight is 462 g/mol. The van der Waals surface area contributed by atoms with E-state index in [0.29, 0.717) is 12.1 Å². The first-order valence-corrected chi connectivity index (χ1v) is 12.6. The molecule has 32 heavy (non-hydrogen) atoms. The predicted molar refractivity (Wildman–Crippen MR) is 119 cm³/mol. The number of alkyl halides is 1. The van der Waals surface area contributed by atoms with Crippen LogP contribution in [0.3, 0.4) is 0 Å². The summed E-state index contributed by atoms with van der Waals surface area (Å²) in [5.41, 5.74) is -0.539. The van der Waals surface area contributed by atoms with Crippen molar-refractivity contribution in [2.45, 2.75) is 43.7 Å². The Morgan fingerprint density at radius 3 is 2.44 bits per heavy atom. The summed E-state index contributed by atoms with van der Waals surface area (Å²) in [5.74, 6) is 1.38. The van der Waals surface area contributed by atoms with E-state index < -0.39 is 21.5 Å². The zero-order valence-electron chi connectivity index (χ0n) is 18.7. The molecule has 2 atom stereocenters. The maximum Gasteiger partial charge on any atom is 0.246 e. The van der Waals surface area contributed by atoms with Gasteiger partial charge in [0.05, 0.1) is 13.1 Å². The molecular weight excluding hydrogens is 432 g/mol. The Balaban J connectivity index is 1.38. The molecule has 0 bridgehead atoms. The van der Waals surface area contributed by atoms with Gasteiger partial charge in [0.15, 0.2) is 5.67 Å². The quantitative estimate of drug-likeness (QED) is 0.645. The molecule has 1 saturated heterocycles. The van der Waals surface area contributed by atoms with Crippen LogP contribution in [0, 0.1) is 30.0 Å². The van der Waals surface area contributed by atoms with Crippen LogP contribution < -0.4 is 4.90 Å². The SMILES string of the molecule is Cc1cnc(N2CC(F)(c3ccc(F)cc3)C2)c(S(=O)(=O)N(C)CC2(C)CC3CC3C2)c1. The van der Waals surface area contributed by atoms with E-state index in [-0.39, 0.29) is 29.2 Å². The Bertz CT molecular complexity index is 1140. The van der Waals surface area contributed by atoms with Crippen LogP contribution in [-0.2, 0) is 15.7 Å². The molecule has 172 valence electrons. The molecule has 0 N–H and O–H groups in total. The van der Waals surface area contributed by atoms with Crippen molar-refractivity contribution in [3.8, 4) is 0 Å². The first kappa shape index (κ1) is 21.8. The van der Waals surface area contributed by atoms with Gasteiger partial charge in [-0.15, -0.1) is 0 Å². The van der Waals surface area contributed by atoms with Gasteiger partial charge in [-0.3, -0.25) is 0 Å². The van der Waals surface area contributed by atoms with Crippen molar-refractivity contribution in [2.75, 3.05) is 31.6 Å². The molecule has 3 aliphatic rings. The number of fused-ring (bicyclic) bond motifs is 1. The van der Waals surface area contributed by atoms with Gasteiger partial charge in [0.1, 0.15) is 16.5 Å². The summed E-state index contributed by atoms with van der Waals surface area (Å²) in [6.45, 7) is 4.40. The summed E-state index contributed by atoms with van der Waals surface area (Å²) in [6, 6.07) is 6.98. The minimum Gasteiger partial charge on any atom is -0.348 e. The van der Waals surface area contributed by atoms with Crippen LogP contribution in [0.4, 0.5) is 14.6 Å². The van der Waals surface area contributed by atoms with E-state index in [1.54, 1.807) is 31.1 Å². The van der Waals surface area contributed by atoms with Gasteiger partial charge in [-0.05, 0) is 72.8 Å². The molecule has 1 aliphatic heterocycles. The largest absolute Gasteiger partial charge is 0.348 e. The summed E-state index contributed by atoms with van der Waals surface area (Å²) in [7, 11) is -2.16. The molecule has 2 saturated carbocycles. The Hall–Kier alpha value is -2.06. The Kier molecular flexibility index (Phi) is 4.91. The molecule has 0 radical (unpaired) electrons. The maximum absolute atomic E-state index is 15.4. The minimum atomic E-state index is -3.79. The number of pyridine rings is 1. The molecular formula is C24H29F2N3O2S. The third-order valence-electron chi connectivity index (χ3n) is 7.39. The lowest BCUT2D eigenvalue weighted by Gasteiger charge is -2.46. The highest BCUT2D eigenvalue weighted by molar-refractivity contribution is 7.89. The van der Waals surface area contributed by atoms with Crippen LogP contribution in [0.15, 0.2) is 41.4 Å². The van der Waals surface area contributed by atoms with Crippen LogP contribution in [0.2, 0.25) is 0 Å². The number of hydrogen-bond donors (Lipinski definition) is 0. The maximum atomic E-state index is 15.4. The first-order chi connectivity index (χ1) is 15.0. The highest BCUT2D eigenvalue weighted by atomic mass is 32.2. The summed E-state index contributed by atoms with van der Waals surface area (Å²) < 4.78 is 57.2. The highest BCUT2D eigenvalue weighted by Crippen LogP contribution is 2.60. The van der Waals surface area contributed by atoms with Crippen molar-refractivity contribution in [1.82, 2.24) is 9.29 Å². The summed E-state index contributed by atoms with van der Waals surface area (Å²) >= 11 is 0. The molecule has 0 amide bonds. The number of anilines is 1. The number of aromatic nitrogens is 1. The van der Waals surface area contributed by atoms with Gasteiger partial charge in [0.2, 0.25) is 10.0 Å². The summed E-state index contributed by atoms with van der Waals surface area (Å²) in [4.78, 5) is 6.15. The number of hydrogen-bond acceptors (Lipinski definition) is 4. The highest BCUT2D eigenvalue weighted by Gasteiger charge is 2.52. The monoisotopic (exact) mass is 461 g/mol. The number of nitrogens with zero attached hydrogens (tertiary/aromatic N) is 3. The van der Waals surface area contributed by atoms with Gasteiger partial charge in [-0.25, -0.2) is 26.5 Å². The van der Waals surface area contributed by atoms with Crippen LogP contribution in [-0.4, -0.2) is 44.4 Å². The van der Waals surface area contributed by atoms with Crippen LogP contribution in [0.1, 0.15) is 37.3 Å². The van der Waals surface area contributed by atoms with Gasteiger partial charge in [0, 0.05) is 19.8 Å². The lowest BCUT2D eigenvalue weighted by Crippen LogP contribution is -2.57. The topological polar surface area (TPSA) is 53.5 Å². The van der Waals surface area contributed by atoms with Crippen LogP contribution in [0.25, 0.3) is 0 Å². The van der Waals surface area contributed by atoms with Gasteiger partial charge < -0.3 is 4.90 Å². The van der Waals surface area contributed by atoms with Crippen molar-refractivity contribution >= 4 is 15.8 Å². The van der Waals surface area contributed by atoms with Gasteiger partial charge >= 0.3 is 0 Å². The summed E-state index contributed by atoms with van der Waals surface area (Å²) in [6.07, 6.45) is 5.04. The van der Waals surface area contributed by atoms with Crippen molar-refractivity contribution in [3.05, 3.63) is 53.5 Å². The van der Waals surface area contributed by atoms with Crippen molar-refractivity contribution in [3.63, 3.8) is 0 Å². The molecule has 5 nitrogen and oxygen atoms in total. The fourth-order valence-corrected chi connectivity index (χ4v) is 7.25. The predicted octanol–water partition coefficient (Wildman–Crippen LogP) is 4.27. The van der Waals surface area contributed by atoms with E-state index in [2.05, 4.69) is 11.9 Å². The fourth-order valence-electron chi connectivity index (χ4n) is 5.68. The normalized spacial score (nSPS) is 28.5. The molecule has 2 unspecified atom stereocenters. The molecule has 5 rings (SSSR count). The fraction of sp³-hybridized carbons (Fsp3) is 0.542. The molecule has 8 heteroatoms. The zero-order valence-corrected chi connectivity index (χ0v) is 19.5. The van der Waals surface area contributed by atoms with E-state index in [4.69, 9.17) is 0 Å². The van der Waals surface area contributed by atoms with Crippen molar-refractivity contribution in [1.29, 1.82) is 0 Å². The first-order valence-electron chi connectivity index (χ1n) is 11.1. The average Bonchev–Trinajstić information content (AvgIpc) is 3.33. The Morgan fingerprint density at radius 1 is 1.19 bits per heavy atom. The van der Waals surface area contributed by atoms with E-state index >= 15 is 4.39 Å². The Labute approximate surface area is 188 Å². The lowest BCUT2D eigenvalue weighted by molar-refractivity contribution is 0.118. The number of benzene rings is 1. The van der Waals surface area contributed by atoms with Gasteiger partial charge in [-0.1, -0.05) is 19.1 Å². The van der Waals surface area contributed by atoms with E-state index in [1.807, 2.05) is 0 Å². The zero-order chi connectivity index (χ0) is 22.9. The second-order valence-electron chi connectivity index (χ2n) is 10.4. The Morgan fingerprint density at radius 2 is 1.81 bits per heavy atom. The number of rotatable bonds is 6. The van der Waals surface area contributed by atoms with Crippen molar-refractivity contribution in [2.24, 2.45) is 17.3 Å². The molecule has 1 aromatic heterocycles.